The zero-order chi connectivity index (χ0) is 9.78. The van der Waals surface area contributed by atoms with Gasteiger partial charge in [0.05, 0.1) is 12.0 Å². The summed E-state index contributed by atoms with van der Waals surface area (Å²) in [6.07, 6.45) is 0.916. The topological polar surface area (TPSA) is 35.8 Å². The van der Waals surface area contributed by atoms with Gasteiger partial charge >= 0.3 is 0 Å². The van der Waals surface area contributed by atoms with E-state index in [-0.39, 0.29) is 17.4 Å². The highest BCUT2D eigenvalue weighted by Gasteiger charge is 2.29. The van der Waals surface area contributed by atoms with E-state index < -0.39 is 0 Å². The van der Waals surface area contributed by atoms with Crippen LogP contribution in [0.5, 0.6) is 0 Å². The van der Waals surface area contributed by atoms with Crippen molar-refractivity contribution in [2.75, 3.05) is 7.05 Å². The molecule has 2 unspecified atom stereocenters. The van der Waals surface area contributed by atoms with Gasteiger partial charge in [0.25, 0.3) is 0 Å². The van der Waals surface area contributed by atoms with Crippen molar-refractivity contribution < 1.29 is 0 Å². The minimum Gasteiger partial charge on any atom is -0.315 e. The number of hydrogen-bond acceptors (Lipinski definition) is 2. The summed E-state index contributed by atoms with van der Waals surface area (Å²) < 4.78 is 0. The molecule has 1 N–H and O–H groups in total. The van der Waals surface area contributed by atoms with Gasteiger partial charge in [0.15, 0.2) is 0 Å². The van der Waals surface area contributed by atoms with Crippen LogP contribution in [-0.4, -0.2) is 13.1 Å². The molecule has 0 bridgehead atoms. The summed E-state index contributed by atoms with van der Waals surface area (Å²) in [4.78, 5) is 0. The Kier molecular flexibility index (Phi) is 4.26. The number of hydrogen-bond donors (Lipinski definition) is 1. The Morgan fingerprint density at radius 1 is 1.42 bits per heavy atom. The minimum absolute atomic E-state index is 0.120. The van der Waals surface area contributed by atoms with E-state index in [4.69, 9.17) is 5.26 Å². The van der Waals surface area contributed by atoms with E-state index in [1.165, 1.54) is 0 Å². The molecule has 0 spiro atoms. The van der Waals surface area contributed by atoms with Crippen LogP contribution in [0, 0.1) is 22.7 Å². The molecule has 0 rings (SSSR count). The highest BCUT2D eigenvalue weighted by molar-refractivity contribution is 4.96. The lowest BCUT2D eigenvalue weighted by Gasteiger charge is -2.33. The maximum Gasteiger partial charge on any atom is 0.0672 e. The van der Waals surface area contributed by atoms with Crippen molar-refractivity contribution in [3.63, 3.8) is 0 Å². The Balaban J connectivity index is 4.45. The predicted molar refractivity (Wildman–Crippen MR) is 51.7 cm³/mol. The van der Waals surface area contributed by atoms with E-state index in [2.05, 4.69) is 39.1 Å². The maximum absolute atomic E-state index is 8.90. The van der Waals surface area contributed by atoms with Gasteiger partial charge < -0.3 is 5.32 Å². The number of rotatable bonds is 3. The lowest BCUT2D eigenvalue weighted by atomic mass is 9.78. The van der Waals surface area contributed by atoms with Crippen molar-refractivity contribution >= 4 is 0 Å². The lowest BCUT2D eigenvalue weighted by molar-refractivity contribution is 0.229. The van der Waals surface area contributed by atoms with Gasteiger partial charge in [-0.1, -0.05) is 27.7 Å². The molecule has 0 aliphatic heterocycles. The van der Waals surface area contributed by atoms with Gasteiger partial charge in [-0.15, -0.1) is 0 Å². The van der Waals surface area contributed by atoms with E-state index >= 15 is 0 Å². The average Bonchev–Trinajstić information content (AvgIpc) is 1.97. The predicted octanol–water partition coefficient (Wildman–Crippen LogP) is 2.17. The molecule has 0 aromatic carbocycles. The van der Waals surface area contributed by atoms with Gasteiger partial charge in [0.1, 0.15) is 0 Å². The Labute approximate surface area is 76.0 Å². The Morgan fingerprint density at radius 3 is 2.00 bits per heavy atom. The summed E-state index contributed by atoms with van der Waals surface area (Å²) in [7, 11) is 1.93. The SMILES string of the molecule is CCC(C#N)C(NC)C(C)(C)C. The molecule has 0 radical (unpaired) electrons. The average molecular weight is 168 g/mol. The van der Waals surface area contributed by atoms with Gasteiger partial charge in [-0.25, -0.2) is 0 Å². The molecular weight excluding hydrogens is 148 g/mol. The Bertz CT molecular complexity index is 162. The van der Waals surface area contributed by atoms with Gasteiger partial charge in [-0.05, 0) is 18.9 Å². The molecule has 0 aromatic rings. The minimum atomic E-state index is 0.120. The molecule has 2 nitrogen and oxygen atoms in total. The fourth-order valence-corrected chi connectivity index (χ4v) is 1.64. The van der Waals surface area contributed by atoms with Crippen molar-refractivity contribution in [2.45, 2.75) is 40.2 Å². The van der Waals surface area contributed by atoms with E-state index in [0.29, 0.717) is 0 Å². The van der Waals surface area contributed by atoms with Crippen molar-refractivity contribution in [1.82, 2.24) is 5.32 Å². The van der Waals surface area contributed by atoms with Crippen LogP contribution in [0.25, 0.3) is 0 Å². The first-order valence-electron chi connectivity index (χ1n) is 4.54. The standard InChI is InChI=1S/C10H20N2/c1-6-8(7-11)9(12-5)10(2,3)4/h8-9,12H,6H2,1-5H3. The van der Waals surface area contributed by atoms with Crippen LogP contribution in [-0.2, 0) is 0 Å². The van der Waals surface area contributed by atoms with Crippen molar-refractivity contribution in [3.05, 3.63) is 0 Å². The second-order valence-electron chi connectivity index (χ2n) is 4.28. The van der Waals surface area contributed by atoms with Gasteiger partial charge in [0, 0.05) is 6.04 Å². The second kappa shape index (κ2) is 4.47. The normalized spacial score (nSPS) is 16.7. The zero-order valence-corrected chi connectivity index (χ0v) is 8.81. The molecule has 0 amide bonds. The molecule has 0 aliphatic rings. The van der Waals surface area contributed by atoms with Crippen molar-refractivity contribution in [3.8, 4) is 6.07 Å². The van der Waals surface area contributed by atoms with E-state index in [1.54, 1.807) is 0 Å². The molecular formula is C10H20N2. The molecule has 0 aliphatic carbocycles. The first-order valence-corrected chi connectivity index (χ1v) is 4.54. The first-order chi connectivity index (χ1) is 5.47. The van der Waals surface area contributed by atoms with Crippen LogP contribution in [0.15, 0.2) is 0 Å². The number of nitrogens with zero attached hydrogens (tertiary/aromatic N) is 1. The van der Waals surface area contributed by atoms with Crippen molar-refractivity contribution in [2.24, 2.45) is 11.3 Å². The van der Waals surface area contributed by atoms with E-state index in [0.717, 1.165) is 6.42 Å². The number of nitriles is 1. The monoisotopic (exact) mass is 168 g/mol. The molecule has 0 saturated heterocycles. The molecule has 70 valence electrons. The molecule has 2 heteroatoms. The molecule has 0 aromatic heterocycles. The summed E-state index contributed by atoms with van der Waals surface area (Å²) >= 11 is 0. The third kappa shape index (κ3) is 2.83. The first kappa shape index (κ1) is 11.4. The lowest BCUT2D eigenvalue weighted by Crippen LogP contribution is -2.43. The summed E-state index contributed by atoms with van der Waals surface area (Å²) in [6.45, 7) is 8.54. The fraction of sp³-hybridized carbons (Fsp3) is 0.900. The molecule has 0 saturated carbocycles. The summed E-state index contributed by atoms with van der Waals surface area (Å²) in [5.41, 5.74) is 0.158. The molecule has 0 fully saturated rings. The zero-order valence-electron chi connectivity index (χ0n) is 8.81. The summed E-state index contributed by atoms with van der Waals surface area (Å²) in [5.74, 6) is 0.120. The third-order valence-corrected chi connectivity index (χ3v) is 2.25. The quantitative estimate of drug-likeness (QED) is 0.701. The Morgan fingerprint density at radius 2 is 1.92 bits per heavy atom. The maximum atomic E-state index is 8.90. The second-order valence-corrected chi connectivity index (χ2v) is 4.28. The van der Waals surface area contributed by atoms with Gasteiger partial charge in [0.2, 0.25) is 0 Å². The van der Waals surface area contributed by atoms with Gasteiger partial charge in [-0.3, -0.25) is 0 Å². The fourth-order valence-electron chi connectivity index (χ4n) is 1.64. The summed E-state index contributed by atoms with van der Waals surface area (Å²) in [6, 6.07) is 2.63. The van der Waals surface area contributed by atoms with Crippen molar-refractivity contribution in [1.29, 1.82) is 5.26 Å². The van der Waals surface area contributed by atoms with Crippen LogP contribution in [0.4, 0.5) is 0 Å². The molecule has 2 atom stereocenters. The highest BCUT2D eigenvalue weighted by Crippen LogP contribution is 2.26. The smallest absolute Gasteiger partial charge is 0.0672 e. The van der Waals surface area contributed by atoms with Crippen LogP contribution < -0.4 is 5.32 Å². The summed E-state index contributed by atoms with van der Waals surface area (Å²) in [5, 5.41) is 12.1. The van der Waals surface area contributed by atoms with E-state index in [9.17, 15) is 0 Å². The van der Waals surface area contributed by atoms with E-state index in [1.807, 2.05) is 7.05 Å². The molecule has 0 heterocycles. The van der Waals surface area contributed by atoms with Crippen LogP contribution in [0.2, 0.25) is 0 Å². The van der Waals surface area contributed by atoms with Gasteiger partial charge in [-0.2, -0.15) is 5.26 Å². The van der Waals surface area contributed by atoms with Crippen LogP contribution in [0.3, 0.4) is 0 Å². The largest absolute Gasteiger partial charge is 0.315 e. The van der Waals surface area contributed by atoms with Crippen LogP contribution in [0.1, 0.15) is 34.1 Å². The third-order valence-electron chi connectivity index (χ3n) is 2.25. The number of nitrogens with one attached hydrogen (secondary N) is 1. The molecule has 12 heavy (non-hydrogen) atoms. The van der Waals surface area contributed by atoms with Crippen LogP contribution >= 0.6 is 0 Å². The Hall–Kier alpha value is -0.550. The highest BCUT2D eigenvalue weighted by atomic mass is 14.9.